The molecule has 3 rings (SSSR count). The minimum atomic E-state index is -3.87. The largest absolute Gasteiger partial charge is 0.497 e. The van der Waals surface area contributed by atoms with E-state index >= 15 is 0 Å². The molecule has 0 aliphatic heterocycles. The Morgan fingerprint density at radius 2 is 1.74 bits per heavy atom. The monoisotopic (exact) mass is 462 g/mol. The molecule has 1 heterocycles. The lowest BCUT2D eigenvalue weighted by Gasteiger charge is -2.11. The molecule has 0 saturated heterocycles. The summed E-state index contributed by atoms with van der Waals surface area (Å²) in [6, 6.07) is 13.7. The first kappa shape index (κ1) is 22.3. The molecule has 31 heavy (non-hydrogen) atoms. The van der Waals surface area contributed by atoms with Gasteiger partial charge in [-0.2, -0.15) is 0 Å². The summed E-state index contributed by atoms with van der Waals surface area (Å²) in [5.74, 6) is 0.909. The molecule has 1 aromatic heterocycles. The number of anilines is 2. The number of benzene rings is 2. The average Bonchev–Trinajstić information content (AvgIpc) is 2.76. The van der Waals surface area contributed by atoms with E-state index in [4.69, 9.17) is 21.1 Å². The van der Waals surface area contributed by atoms with Gasteiger partial charge in [-0.1, -0.05) is 17.7 Å². The minimum Gasteiger partial charge on any atom is -0.497 e. The van der Waals surface area contributed by atoms with Crippen LogP contribution in [-0.4, -0.2) is 38.7 Å². The maximum Gasteiger partial charge on any atom is 0.263 e. The Kier molecular flexibility index (Phi) is 6.93. The van der Waals surface area contributed by atoms with Crippen molar-refractivity contribution >= 4 is 39.0 Å². The second-order valence-corrected chi connectivity index (χ2v) is 8.34. The highest BCUT2D eigenvalue weighted by Gasteiger charge is 2.16. The van der Waals surface area contributed by atoms with Gasteiger partial charge < -0.3 is 14.8 Å². The van der Waals surface area contributed by atoms with Crippen molar-refractivity contribution in [2.75, 3.05) is 24.3 Å². The van der Waals surface area contributed by atoms with Crippen molar-refractivity contribution in [1.82, 2.24) is 10.2 Å². The lowest BCUT2D eigenvalue weighted by Crippen LogP contribution is -2.16. The number of halogens is 1. The average molecular weight is 463 g/mol. The molecule has 11 heteroatoms. The van der Waals surface area contributed by atoms with Gasteiger partial charge in [-0.15, -0.1) is 10.2 Å². The Morgan fingerprint density at radius 1 is 1.00 bits per heavy atom. The third-order valence-electron chi connectivity index (χ3n) is 4.16. The lowest BCUT2D eigenvalue weighted by molar-refractivity contribution is -0.115. The number of carbonyl (C=O) groups is 1. The van der Waals surface area contributed by atoms with E-state index in [1.165, 1.54) is 43.5 Å². The van der Waals surface area contributed by atoms with Crippen LogP contribution < -0.4 is 19.5 Å². The van der Waals surface area contributed by atoms with Crippen molar-refractivity contribution in [3.8, 4) is 11.5 Å². The first-order chi connectivity index (χ1) is 14.8. The number of hydrogen-bond acceptors (Lipinski definition) is 7. The zero-order valence-corrected chi connectivity index (χ0v) is 18.2. The molecule has 0 unspecified atom stereocenters. The predicted octanol–water partition coefficient (Wildman–Crippen LogP) is 3.13. The molecule has 0 bridgehead atoms. The molecular formula is C20H19ClN4O5S. The molecular weight excluding hydrogens is 444 g/mol. The van der Waals surface area contributed by atoms with Crippen LogP contribution in [0.4, 0.5) is 11.5 Å². The summed E-state index contributed by atoms with van der Waals surface area (Å²) in [4.78, 5) is 12.4. The van der Waals surface area contributed by atoms with Crippen LogP contribution in [0, 0.1) is 0 Å². The van der Waals surface area contributed by atoms with Crippen LogP contribution in [0.3, 0.4) is 0 Å². The van der Waals surface area contributed by atoms with E-state index in [-0.39, 0.29) is 28.2 Å². The number of nitrogens with zero attached hydrogens (tertiary/aromatic N) is 2. The summed E-state index contributed by atoms with van der Waals surface area (Å²) in [6.07, 6.45) is 0.0734. The first-order valence-corrected chi connectivity index (χ1v) is 10.8. The fourth-order valence-corrected chi connectivity index (χ4v) is 3.76. The number of hydrogen-bond donors (Lipinski definition) is 2. The number of sulfonamides is 1. The number of aromatic nitrogens is 2. The summed E-state index contributed by atoms with van der Waals surface area (Å²) in [6.45, 7) is 0. The summed E-state index contributed by atoms with van der Waals surface area (Å²) in [7, 11) is -0.814. The number of amides is 1. The van der Waals surface area contributed by atoms with Crippen LogP contribution in [0.1, 0.15) is 5.56 Å². The van der Waals surface area contributed by atoms with Crippen molar-refractivity contribution in [1.29, 1.82) is 0 Å². The Labute approximate surface area is 184 Å². The molecule has 3 aromatic rings. The summed E-state index contributed by atoms with van der Waals surface area (Å²) < 4.78 is 37.7. The van der Waals surface area contributed by atoms with Crippen LogP contribution in [0.2, 0.25) is 5.15 Å². The van der Waals surface area contributed by atoms with Crippen molar-refractivity contribution in [3.63, 3.8) is 0 Å². The molecule has 0 atom stereocenters. The van der Waals surface area contributed by atoms with Gasteiger partial charge in [0.1, 0.15) is 11.5 Å². The van der Waals surface area contributed by atoms with Gasteiger partial charge in [0.05, 0.1) is 25.5 Å². The standard InChI is InChI=1S/C20H19ClN4O5S/c1-29-15-6-3-13(17(12-15)30-2)11-20(26)22-14-4-7-16(8-5-14)31(27,28)25-19-10-9-18(21)23-24-19/h3-10,12H,11H2,1-2H3,(H,22,26)(H,24,25). The van der Waals surface area contributed by atoms with Gasteiger partial charge in [0, 0.05) is 17.3 Å². The molecule has 162 valence electrons. The zero-order valence-electron chi connectivity index (χ0n) is 16.6. The Bertz CT molecular complexity index is 1170. The molecule has 0 radical (unpaired) electrons. The quantitative estimate of drug-likeness (QED) is 0.527. The SMILES string of the molecule is COc1ccc(CC(=O)Nc2ccc(S(=O)(=O)Nc3ccc(Cl)nn3)cc2)c(OC)c1. The highest BCUT2D eigenvalue weighted by atomic mass is 35.5. The van der Waals surface area contributed by atoms with Crippen LogP contribution in [-0.2, 0) is 21.2 Å². The van der Waals surface area contributed by atoms with Gasteiger partial charge in [0.25, 0.3) is 10.0 Å². The molecule has 0 fully saturated rings. The fourth-order valence-electron chi connectivity index (χ4n) is 2.66. The normalized spacial score (nSPS) is 10.9. The summed E-state index contributed by atoms with van der Waals surface area (Å²) in [5.41, 5.74) is 1.14. The van der Waals surface area contributed by atoms with Crippen molar-refractivity contribution in [2.24, 2.45) is 0 Å². The maximum atomic E-state index is 12.5. The molecule has 2 N–H and O–H groups in total. The van der Waals surface area contributed by atoms with Crippen LogP contribution >= 0.6 is 11.6 Å². The number of nitrogens with one attached hydrogen (secondary N) is 2. The van der Waals surface area contributed by atoms with Gasteiger partial charge in [-0.05, 0) is 42.5 Å². The molecule has 1 amide bonds. The molecule has 0 spiro atoms. The molecule has 9 nitrogen and oxygen atoms in total. The van der Waals surface area contributed by atoms with Crippen LogP contribution in [0.25, 0.3) is 0 Å². The topological polar surface area (TPSA) is 120 Å². The smallest absolute Gasteiger partial charge is 0.263 e. The maximum absolute atomic E-state index is 12.5. The second kappa shape index (κ2) is 9.63. The Hall–Kier alpha value is -3.37. The van der Waals surface area contributed by atoms with Gasteiger partial charge in [0.2, 0.25) is 5.91 Å². The second-order valence-electron chi connectivity index (χ2n) is 6.27. The lowest BCUT2D eigenvalue weighted by atomic mass is 10.1. The number of rotatable bonds is 8. The van der Waals surface area contributed by atoms with E-state index in [1.807, 2.05) is 0 Å². The summed E-state index contributed by atoms with van der Waals surface area (Å²) in [5, 5.41) is 10.1. The van der Waals surface area contributed by atoms with Gasteiger partial charge in [-0.3, -0.25) is 9.52 Å². The van der Waals surface area contributed by atoms with E-state index in [1.54, 1.807) is 25.3 Å². The molecule has 0 aliphatic rings. The predicted molar refractivity (Wildman–Crippen MR) is 116 cm³/mol. The first-order valence-electron chi connectivity index (χ1n) is 8.93. The summed E-state index contributed by atoms with van der Waals surface area (Å²) >= 11 is 5.64. The number of carbonyl (C=O) groups excluding carboxylic acids is 1. The minimum absolute atomic E-state index is 0.000859. The van der Waals surface area contributed by atoms with Gasteiger partial charge in [0.15, 0.2) is 11.0 Å². The number of ether oxygens (including phenoxy) is 2. The van der Waals surface area contributed by atoms with Crippen molar-refractivity contribution in [3.05, 3.63) is 65.3 Å². The molecule has 0 saturated carbocycles. The van der Waals surface area contributed by atoms with Crippen LogP contribution in [0.15, 0.2) is 59.5 Å². The highest BCUT2D eigenvalue weighted by molar-refractivity contribution is 7.92. The third kappa shape index (κ3) is 5.83. The van der Waals surface area contributed by atoms with Gasteiger partial charge in [-0.25, -0.2) is 8.42 Å². The number of methoxy groups -OCH3 is 2. The van der Waals surface area contributed by atoms with E-state index in [9.17, 15) is 13.2 Å². The van der Waals surface area contributed by atoms with Crippen molar-refractivity contribution < 1.29 is 22.7 Å². The van der Waals surface area contributed by atoms with Crippen molar-refractivity contribution in [2.45, 2.75) is 11.3 Å². The van der Waals surface area contributed by atoms with E-state index in [2.05, 4.69) is 20.2 Å². The Balaban J connectivity index is 1.66. The van der Waals surface area contributed by atoms with E-state index in [0.29, 0.717) is 22.7 Å². The molecule has 0 aliphatic carbocycles. The van der Waals surface area contributed by atoms with Crippen LogP contribution in [0.5, 0.6) is 11.5 Å². The van der Waals surface area contributed by atoms with Gasteiger partial charge >= 0.3 is 0 Å². The third-order valence-corrected chi connectivity index (χ3v) is 5.74. The molecule has 2 aromatic carbocycles. The fraction of sp³-hybridized carbons (Fsp3) is 0.150. The zero-order chi connectivity index (χ0) is 22.4. The Morgan fingerprint density at radius 3 is 2.35 bits per heavy atom. The van der Waals surface area contributed by atoms with E-state index < -0.39 is 10.0 Å². The highest BCUT2D eigenvalue weighted by Crippen LogP contribution is 2.25. The van der Waals surface area contributed by atoms with E-state index in [0.717, 1.165) is 0 Å².